The van der Waals surface area contributed by atoms with Crippen molar-refractivity contribution in [3.63, 3.8) is 0 Å². The highest BCUT2D eigenvalue weighted by Gasteiger charge is 2.16. The van der Waals surface area contributed by atoms with E-state index in [1.807, 2.05) is 42.7 Å². The average molecular weight is 404 g/mol. The molecule has 6 nitrogen and oxygen atoms in total. The third kappa shape index (κ3) is 4.66. The van der Waals surface area contributed by atoms with Gasteiger partial charge in [-0.1, -0.05) is 42.1 Å². The minimum atomic E-state index is -2.97. The van der Waals surface area contributed by atoms with E-state index < -0.39 is 6.61 Å². The maximum absolute atomic E-state index is 12.5. The summed E-state index contributed by atoms with van der Waals surface area (Å²) in [6.07, 6.45) is 0. The first-order chi connectivity index (χ1) is 13.5. The number of aryl methyl sites for hydroxylation is 2. The van der Waals surface area contributed by atoms with Gasteiger partial charge in [0, 0.05) is 0 Å². The number of benzene rings is 2. The number of amides is 1. The summed E-state index contributed by atoms with van der Waals surface area (Å²) in [5, 5.41) is 11.4. The van der Waals surface area contributed by atoms with Gasteiger partial charge in [-0.3, -0.25) is 9.36 Å². The van der Waals surface area contributed by atoms with E-state index in [4.69, 9.17) is 0 Å². The number of aromatic nitrogens is 3. The first-order valence-corrected chi connectivity index (χ1v) is 9.39. The highest BCUT2D eigenvalue weighted by atomic mass is 32.2. The number of nitrogens with zero attached hydrogens (tertiary/aromatic N) is 3. The van der Waals surface area contributed by atoms with Crippen molar-refractivity contribution >= 4 is 23.4 Å². The fourth-order valence-electron chi connectivity index (χ4n) is 2.61. The third-order valence-corrected chi connectivity index (χ3v) is 4.79. The van der Waals surface area contributed by atoms with Crippen LogP contribution in [0.4, 0.5) is 14.5 Å². The van der Waals surface area contributed by atoms with Crippen LogP contribution in [0.15, 0.2) is 53.7 Å². The second-order valence-electron chi connectivity index (χ2n) is 5.86. The largest absolute Gasteiger partial charge is 0.433 e. The molecule has 0 atom stereocenters. The highest BCUT2D eigenvalue weighted by Crippen LogP contribution is 2.27. The van der Waals surface area contributed by atoms with E-state index in [0.717, 1.165) is 11.3 Å². The number of hydrogen-bond donors (Lipinski definition) is 1. The number of nitrogens with one attached hydrogen (secondary N) is 1. The second-order valence-corrected chi connectivity index (χ2v) is 6.81. The normalized spacial score (nSPS) is 10.9. The third-order valence-electron chi connectivity index (χ3n) is 3.86. The Kier molecular flexibility index (Phi) is 6.25. The van der Waals surface area contributed by atoms with Crippen LogP contribution >= 0.6 is 11.8 Å². The van der Waals surface area contributed by atoms with Gasteiger partial charge >= 0.3 is 6.61 Å². The molecule has 2 aromatic carbocycles. The Hall–Kier alpha value is -2.94. The van der Waals surface area contributed by atoms with Crippen molar-refractivity contribution in [2.45, 2.75) is 25.6 Å². The van der Waals surface area contributed by atoms with E-state index in [9.17, 15) is 13.6 Å². The van der Waals surface area contributed by atoms with Gasteiger partial charge in [0.25, 0.3) is 0 Å². The molecule has 0 unspecified atom stereocenters. The molecular formula is C19H18F2N4O2S. The van der Waals surface area contributed by atoms with Crippen LogP contribution < -0.4 is 10.1 Å². The smallest absolute Gasteiger partial charge is 0.387 e. The van der Waals surface area contributed by atoms with Gasteiger partial charge in [-0.25, -0.2) is 0 Å². The van der Waals surface area contributed by atoms with Crippen LogP contribution in [0.25, 0.3) is 5.69 Å². The molecule has 0 aliphatic carbocycles. The van der Waals surface area contributed by atoms with Crippen LogP contribution in [0.3, 0.4) is 0 Å². The van der Waals surface area contributed by atoms with Crippen LogP contribution in [0.5, 0.6) is 5.75 Å². The van der Waals surface area contributed by atoms with Crippen LogP contribution in [-0.2, 0) is 4.79 Å². The lowest BCUT2D eigenvalue weighted by molar-refractivity contribution is -0.113. The van der Waals surface area contributed by atoms with Crippen LogP contribution in [0.1, 0.15) is 11.4 Å². The summed E-state index contributed by atoms with van der Waals surface area (Å²) < 4.78 is 31.3. The molecule has 0 aliphatic heterocycles. The van der Waals surface area contributed by atoms with Gasteiger partial charge in [0.05, 0.1) is 17.1 Å². The summed E-state index contributed by atoms with van der Waals surface area (Å²) in [4.78, 5) is 12.3. The number of thioether (sulfide) groups is 1. The zero-order valence-corrected chi connectivity index (χ0v) is 16.0. The Bertz CT molecular complexity index is 978. The van der Waals surface area contributed by atoms with E-state index >= 15 is 0 Å². The quantitative estimate of drug-likeness (QED) is 0.597. The van der Waals surface area contributed by atoms with Crippen molar-refractivity contribution in [2.24, 2.45) is 0 Å². The number of rotatable bonds is 7. The molecule has 0 saturated heterocycles. The van der Waals surface area contributed by atoms with E-state index in [1.165, 1.54) is 23.9 Å². The van der Waals surface area contributed by atoms with Gasteiger partial charge in [-0.15, -0.1) is 10.2 Å². The molecule has 3 aromatic rings. The van der Waals surface area contributed by atoms with E-state index in [-0.39, 0.29) is 23.1 Å². The molecule has 1 heterocycles. The molecule has 9 heteroatoms. The molecule has 28 heavy (non-hydrogen) atoms. The summed E-state index contributed by atoms with van der Waals surface area (Å²) >= 11 is 1.21. The van der Waals surface area contributed by atoms with Gasteiger partial charge in [-0.05, 0) is 37.6 Å². The van der Waals surface area contributed by atoms with Crippen molar-refractivity contribution in [3.8, 4) is 11.4 Å². The monoisotopic (exact) mass is 404 g/mol. The SMILES string of the molecule is Cc1ccccc1-n1c(C)nnc1SCC(=O)Nc1ccccc1OC(F)F. The number of halogens is 2. The Morgan fingerprint density at radius 3 is 2.61 bits per heavy atom. The molecule has 3 rings (SSSR count). The Balaban J connectivity index is 1.71. The molecule has 1 amide bonds. The Morgan fingerprint density at radius 2 is 1.86 bits per heavy atom. The van der Waals surface area contributed by atoms with Gasteiger partial charge in [0.1, 0.15) is 11.6 Å². The van der Waals surface area contributed by atoms with Crippen molar-refractivity contribution < 1.29 is 18.3 Å². The average Bonchev–Trinajstić information content (AvgIpc) is 3.02. The van der Waals surface area contributed by atoms with Gasteiger partial charge in [-0.2, -0.15) is 8.78 Å². The van der Waals surface area contributed by atoms with E-state index in [1.54, 1.807) is 12.1 Å². The molecule has 0 saturated carbocycles. The highest BCUT2D eigenvalue weighted by molar-refractivity contribution is 7.99. The van der Waals surface area contributed by atoms with E-state index in [0.29, 0.717) is 11.0 Å². The summed E-state index contributed by atoms with van der Waals surface area (Å²) in [5.74, 6) is 0.280. The lowest BCUT2D eigenvalue weighted by Gasteiger charge is -2.12. The molecule has 0 bridgehead atoms. The first kappa shape index (κ1) is 19.8. The van der Waals surface area contributed by atoms with Gasteiger partial charge in [0.15, 0.2) is 5.16 Å². The van der Waals surface area contributed by atoms with Crippen LogP contribution in [-0.4, -0.2) is 33.0 Å². The molecule has 146 valence electrons. The van der Waals surface area contributed by atoms with Crippen LogP contribution in [0, 0.1) is 13.8 Å². The lowest BCUT2D eigenvalue weighted by atomic mass is 10.2. The van der Waals surface area contributed by atoms with E-state index in [2.05, 4.69) is 20.3 Å². The van der Waals surface area contributed by atoms with Gasteiger partial charge < -0.3 is 10.1 Å². The fourth-order valence-corrected chi connectivity index (χ4v) is 3.40. The topological polar surface area (TPSA) is 69.0 Å². The predicted molar refractivity (Wildman–Crippen MR) is 103 cm³/mol. The fraction of sp³-hybridized carbons (Fsp3) is 0.211. The number of carbonyl (C=O) groups is 1. The first-order valence-electron chi connectivity index (χ1n) is 8.40. The second kappa shape index (κ2) is 8.83. The Labute approximate surface area is 164 Å². The maximum Gasteiger partial charge on any atom is 0.387 e. The Morgan fingerprint density at radius 1 is 1.14 bits per heavy atom. The maximum atomic E-state index is 12.5. The molecule has 0 spiro atoms. The zero-order chi connectivity index (χ0) is 20.1. The number of alkyl halides is 2. The summed E-state index contributed by atoms with van der Waals surface area (Å²) in [6.45, 7) is 0.847. The number of carbonyl (C=O) groups excluding carboxylic acids is 1. The number of ether oxygens (including phenoxy) is 1. The van der Waals surface area contributed by atoms with Crippen molar-refractivity contribution in [3.05, 3.63) is 59.9 Å². The summed E-state index contributed by atoms with van der Waals surface area (Å²) in [5.41, 5.74) is 2.17. The molecule has 1 N–H and O–H groups in total. The standard InChI is InChI=1S/C19H18F2N4O2S/c1-12-7-3-5-9-15(12)25-13(2)23-24-19(25)28-11-17(26)22-14-8-4-6-10-16(14)27-18(20)21/h3-10,18H,11H2,1-2H3,(H,22,26). The molecular weight excluding hydrogens is 386 g/mol. The summed E-state index contributed by atoms with van der Waals surface area (Å²) in [6, 6.07) is 13.8. The van der Waals surface area contributed by atoms with Crippen LogP contribution in [0.2, 0.25) is 0 Å². The molecule has 1 aromatic heterocycles. The zero-order valence-electron chi connectivity index (χ0n) is 15.2. The van der Waals surface area contributed by atoms with Gasteiger partial charge in [0.2, 0.25) is 5.91 Å². The van der Waals surface area contributed by atoms with Crippen molar-refractivity contribution in [2.75, 3.05) is 11.1 Å². The predicted octanol–water partition coefficient (Wildman–Crippen LogP) is 4.22. The number of hydrogen-bond acceptors (Lipinski definition) is 5. The molecule has 0 radical (unpaired) electrons. The molecule has 0 aliphatic rings. The van der Waals surface area contributed by atoms with Crippen molar-refractivity contribution in [1.82, 2.24) is 14.8 Å². The number of anilines is 1. The summed E-state index contributed by atoms with van der Waals surface area (Å²) in [7, 11) is 0. The minimum Gasteiger partial charge on any atom is -0.433 e. The molecule has 0 fully saturated rings. The number of para-hydroxylation sites is 3. The minimum absolute atomic E-state index is 0.0347. The van der Waals surface area contributed by atoms with Crippen molar-refractivity contribution in [1.29, 1.82) is 0 Å². The lowest BCUT2D eigenvalue weighted by Crippen LogP contribution is -2.16.